The van der Waals surface area contributed by atoms with Gasteiger partial charge in [-0.2, -0.15) is 0 Å². The van der Waals surface area contributed by atoms with Crippen LogP contribution in [0.15, 0.2) is 47.3 Å². The summed E-state index contributed by atoms with van der Waals surface area (Å²) in [6, 6.07) is 10.6. The molecule has 3 aromatic rings. The van der Waals surface area contributed by atoms with Crippen molar-refractivity contribution in [1.82, 2.24) is 4.57 Å². The molecule has 0 radical (unpaired) electrons. The van der Waals surface area contributed by atoms with E-state index in [1.54, 1.807) is 31.2 Å². The third-order valence-electron chi connectivity index (χ3n) is 4.65. The maximum absolute atomic E-state index is 14.4. The van der Waals surface area contributed by atoms with Crippen molar-refractivity contribution in [3.63, 3.8) is 0 Å². The first-order valence-corrected chi connectivity index (χ1v) is 10.5. The lowest BCUT2D eigenvalue weighted by atomic mass is 10.1. The smallest absolute Gasteiger partial charge is 0.256 e. The van der Waals surface area contributed by atoms with Crippen molar-refractivity contribution in [3.8, 4) is 11.5 Å². The molecular weight excluding hydrogens is 530 g/mol. The van der Waals surface area contributed by atoms with Gasteiger partial charge in [-0.25, -0.2) is 4.39 Å². The number of nitrogens with zero attached hydrogens (tertiary/aromatic N) is 1. The number of anilines is 3. The summed E-state index contributed by atoms with van der Waals surface area (Å²) in [5.41, 5.74) is 6.13. The summed E-state index contributed by atoms with van der Waals surface area (Å²) in [7, 11) is 1.42. The number of halogens is 2. The van der Waals surface area contributed by atoms with Crippen molar-refractivity contribution in [3.05, 3.63) is 73.3 Å². The maximum Gasteiger partial charge on any atom is 0.256 e. The fourth-order valence-corrected chi connectivity index (χ4v) is 3.48. The Morgan fingerprint density at radius 3 is 2.47 bits per heavy atom. The standard InChI is InChI=1S/C22H20FIN4O4/c1-11-15(26-12(2)29)5-4-6-17(11)32-18-10-19(30)28(3)22(20(18)21(25)31)27-16-8-7-13(24)9-14(16)23/h4-10,27H,1-3H3,(H2,25,31)(H,26,29). The van der Waals surface area contributed by atoms with E-state index in [0.717, 1.165) is 10.6 Å². The Bertz CT molecular complexity index is 1290. The fraction of sp³-hybridized carbons (Fsp3) is 0.136. The molecule has 0 aliphatic rings. The molecule has 0 bridgehead atoms. The Balaban J connectivity index is 2.13. The van der Waals surface area contributed by atoms with Crippen LogP contribution in [0, 0.1) is 16.3 Å². The molecule has 0 saturated carbocycles. The van der Waals surface area contributed by atoms with Gasteiger partial charge in [0.1, 0.15) is 28.7 Å². The lowest BCUT2D eigenvalue weighted by Gasteiger charge is -2.19. The van der Waals surface area contributed by atoms with Gasteiger partial charge in [-0.3, -0.25) is 19.0 Å². The van der Waals surface area contributed by atoms with Gasteiger partial charge in [-0.15, -0.1) is 0 Å². The van der Waals surface area contributed by atoms with Crippen LogP contribution in [0.5, 0.6) is 11.5 Å². The van der Waals surface area contributed by atoms with Crippen LogP contribution in [0.2, 0.25) is 0 Å². The van der Waals surface area contributed by atoms with Gasteiger partial charge in [-0.1, -0.05) is 6.07 Å². The van der Waals surface area contributed by atoms with E-state index >= 15 is 0 Å². The third-order valence-corrected chi connectivity index (χ3v) is 5.32. The highest BCUT2D eigenvalue weighted by Gasteiger charge is 2.22. The number of nitrogens with one attached hydrogen (secondary N) is 2. The van der Waals surface area contributed by atoms with Crippen LogP contribution >= 0.6 is 22.6 Å². The molecule has 32 heavy (non-hydrogen) atoms. The molecule has 8 nitrogen and oxygen atoms in total. The Hall–Kier alpha value is -3.41. The van der Waals surface area contributed by atoms with Crippen LogP contribution in [0.1, 0.15) is 22.8 Å². The van der Waals surface area contributed by atoms with E-state index in [1.165, 1.54) is 26.1 Å². The first-order chi connectivity index (χ1) is 15.1. The number of benzene rings is 2. The van der Waals surface area contributed by atoms with Gasteiger partial charge in [0, 0.05) is 34.9 Å². The number of ether oxygens (including phenoxy) is 1. The first-order valence-electron chi connectivity index (χ1n) is 9.39. The van der Waals surface area contributed by atoms with Crippen molar-refractivity contribution < 1.29 is 18.7 Å². The molecule has 1 heterocycles. The molecule has 3 rings (SSSR count). The summed E-state index contributed by atoms with van der Waals surface area (Å²) in [6.07, 6.45) is 0. The van der Waals surface area contributed by atoms with Gasteiger partial charge >= 0.3 is 0 Å². The van der Waals surface area contributed by atoms with Crippen LogP contribution < -0.4 is 26.7 Å². The van der Waals surface area contributed by atoms with E-state index < -0.39 is 17.3 Å². The minimum atomic E-state index is -0.875. The molecule has 0 spiro atoms. The molecule has 166 valence electrons. The second-order valence-corrected chi connectivity index (χ2v) is 8.20. The van der Waals surface area contributed by atoms with E-state index in [4.69, 9.17) is 10.5 Å². The van der Waals surface area contributed by atoms with Gasteiger partial charge in [-0.05, 0) is 59.8 Å². The second kappa shape index (κ2) is 9.39. The predicted molar refractivity (Wildman–Crippen MR) is 128 cm³/mol. The highest BCUT2D eigenvalue weighted by atomic mass is 127. The van der Waals surface area contributed by atoms with Crippen molar-refractivity contribution >= 4 is 51.6 Å². The van der Waals surface area contributed by atoms with E-state index in [9.17, 15) is 18.8 Å². The number of aromatic nitrogens is 1. The number of rotatable bonds is 6. The molecule has 0 aliphatic heterocycles. The maximum atomic E-state index is 14.4. The zero-order valence-corrected chi connectivity index (χ0v) is 19.6. The van der Waals surface area contributed by atoms with Crippen LogP contribution in [0.3, 0.4) is 0 Å². The first kappa shape index (κ1) is 23.3. The number of hydrogen-bond donors (Lipinski definition) is 3. The summed E-state index contributed by atoms with van der Waals surface area (Å²) in [4.78, 5) is 36.4. The highest BCUT2D eigenvalue weighted by molar-refractivity contribution is 14.1. The second-order valence-electron chi connectivity index (χ2n) is 6.95. The molecular formula is C22H20FIN4O4. The molecule has 0 unspecified atom stereocenters. The number of primary amides is 1. The number of hydrogen-bond acceptors (Lipinski definition) is 5. The normalized spacial score (nSPS) is 10.5. The number of carbonyl (C=O) groups is 2. The average Bonchev–Trinajstić information content (AvgIpc) is 2.70. The third kappa shape index (κ3) is 4.90. The van der Waals surface area contributed by atoms with Gasteiger partial charge in [0.2, 0.25) is 5.91 Å². The van der Waals surface area contributed by atoms with Crippen LogP contribution in [0.25, 0.3) is 0 Å². The van der Waals surface area contributed by atoms with Crippen molar-refractivity contribution in [2.75, 3.05) is 10.6 Å². The monoisotopic (exact) mass is 550 g/mol. The largest absolute Gasteiger partial charge is 0.456 e. The molecule has 2 amide bonds. The molecule has 0 fully saturated rings. The summed E-state index contributed by atoms with van der Waals surface area (Å²) in [5.74, 6) is -1.52. The number of carbonyl (C=O) groups excluding carboxylic acids is 2. The summed E-state index contributed by atoms with van der Waals surface area (Å²) in [5, 5.41) is 5.46. The van der Waals surface area contributed by atoms with Gasteiger partial charge in [0.25, 0.3) is 11.5 Å². The van der Waals surface area contributed by atoms with Crippen LogP contribution in [-0.4, -0.2) is 16.4 Å². The van der Waals surface area contributed by atoms with Crippen molar-refractivity contribution in [2.24, 2.45) is 12.8 Å². The van der Waals surface area contributed by atoms with Gasteiger partial charge in [0.15, 0.2) is 0 Å². The average molecular weight is 550 g/mol. The quantitative estimate of drug-likeness (QED) is 0.401. The highest BCUT2D eigenvalue weighted by Crippen LogP contribution is 2.34. The zero-order valence-electron chi connectivity index (χ0n) is 17.5. The zero-order chi connectivity index (χ0) is 23.6. The summed E-state index contributed by atoms with van der Waals surface area (Å²) in [6.45, 7) is 3.09. The number of pyridine rings is 1. The number of amides is 2. The molecule has 0 atom stereocenters. The molecule has 2 aromatic carbocycles. The van der Waals surface area contributed by atoms with E-state index in [-0.39, 0.29) is 28.7 Å². The van der Waals surface area contributed by atoms with E-state index in [0.29, 0.717) is 20.6 Å². The molecule has 4 N–H and O–H groups in total. The minimum Gasteiger partial charge on any atom is -0.456 e. The predicted octanol–water partition coefficient (Wildman–Crippen LogP) is 4.03. The molecule has 0 saturated heterocycles. The lowest BCUT2D eigenvalue weighted by molar-refractivity contribution is -0.114. The number of nitrogens with two attached hydrogens (primary N) is 1. The van der Waals surface area contributed by atoms with E-state index in [1.807, 2.05) is 22.6 Å². The molecule has 1 aromatic heterocycles. The van der Waals surface area contributed by atoms with Gasteiger partial charge < -0.3 is 21.1 Å². The summed E-state index contributed by atoms with van der Waals surface area (Å²) >= 11 is 1.97. The van der Waals surface area contributed by atoms with Crippen molar-refractivity contribution in [2.45, 2.75) is 13.8 Å². The molecule has 0 aliphatic carbocycles. The molecule has 10 heteroatoms. The minimum absolute atomic E-state index is 0.0178. The SMILES string of the molecule is CC(=O)Nc1cccc(Oc2cc(=O)n(C)c(Nc3ccc(I)cc3F)c2C(N)=O)c1C. The Labute approximate surface area is 196 Å². The van der Waals surface area contributed by atoms with Crippen molar-refractivity contribution in [1.29, 1.82) is 0 Å². The Morgan fingerprint density at radius 2 is 1.84 bits per heavy atom. The van der Waals surface area contributed by atoms with Gasteiger partial charge in [0.05, 0.1) is 5.69 Å². The summed E-state index contributed by atoms with van der Waals surface area (Å²) < 4.78 is 22.1. The van der Waals surface area contributed by atoms with Crippen LogP contribution in [0.4, 0.5) is 21.6 Å². The Morgan fingerprint density at radius 1 is 1.12 bits per heavy atom. The topological polar surface area (TPSA) is 115 Å². The van der Waals surface area contributed by atoms with Crippen LogP contribution in [-0.2, 0) is 11.8 Å². The Kier molecular flexibility index (Phi) is 6.82. The fourth-order valence-electron chi connectivity index (χ4n) is 3.03. The van der Waals surface area contributed by atoms with E-state index in [2.05, 4.69) is 10.6 Å². The lowest BCUT2D eigenvalue weighted by Crippen LogP contribution is -2.25.